The van der Waals surface area contributed by atoms with Gasteiger partial charge in [0.2, 0.25) is 0 Å². The van der Waals surface area contributed by atoms with E-state index in [0.717, 1.165) is 6.42 Å². The van der Waals surface area contributed by atoms with Gasteiger partial charge in [-0.15, -0.1) is 0 Å². The number of hydrogen-bond acceptors (Lipinski definition) is 2. The summed E-state index contributed by atoms with van der Waals surface area (Å²) < 4.78 is 14.1. The van der Waals surface area contributed by atoms with Crippen LogP contribution in [0.2, 0.25) is 0 Å². The minimum atomic E-state index is -0.993. The van der Waals surface area contributed by atoms with Gasteiger partial charge in [0.15, 0.2) is 0 Å². The van der Waals surface area contributed by atoms with Crippen molar-refractivity contribution in [3.63, 3.8) is 0 Å². The summed E-state index contributed by atoms with van der Waals surface area (Å²) in [5.41, 5.74) is -1.08. The number of nitrogens with one attached hydrogen (secondary N) is 1. The molecular formula is C14H15BrFNO3. The number of amides is 1. The Bertz CT molecular complexity index is 543. The summed E-state index contributed by atoms with van der Waals surface area (Å²) in [6.07, 6.45) is 1.82. The number of halogens is 2. The molecule has 2 rings (SSSR count). The largest absolute Gasteiger partial charge is 0.481 e. The molecule has 4 nitrogen and oxygen atoms in total. The van der Waals surface area contributed by atoms with Gasteiger partial charge in [0.1, 0.15) is 5.82 Å². The third-order valence-electron chi connectivity index (χ3n) is 3.94. The summed E-state index contributed by atoms with van der Waals surface area (Å²) in [4.78, 5) is 23.5. The average Bonchev–Trinajstić information content (AvgIpc) is 2.72. The van der Waals surface area contributed by atoms with Crippen molar-refractivity contribution < 1.29 is 19.1 Å². The first-order valence-electron chi connectivity index (χ1n) is 6.34. The van der Waals surface area contributed by atoms with Gasteiger partial charge in [0, 0.05) is 10.5 Å². The third-order valence-corrected chi connectivity index (χ3v) is 4.60. The highest BCUT2D eigenvalue weighted by Crippen LogP contribution is 2.38. The van der Waals surface area contributed by atoms with Gasteiger partial charge in [-0.1, -0.05) is 12.5 Å². The lowest BCUT2D eigenvalue weighted by Crippen LogP contribution is -2.47. The molecule has 0 radical (unpaired) electrons. The highest BCUT2D eigenvalue weighted by molar-refractivity contribution is 9.10. The van der Waals surface area contributed by atoms with Crippen LogP contribution in [0.1, 0.15) is 36.5 Å². The number of hydrogen-bond donors (Lipinski definition) is 2. The van der Waals surface area contributed by atoms with E-state index in [4.69, 9.17) is 0 Å². The lowest BCUT2D eigenvalue weighted by molar-refractivity contribution is -0.148. The Morgan fingerprint density at radius 1 is 1.50 bits per heavy atom. The number of rotatable bonds is 3. The summed E-state index contributed by atoms with van der Waals surface area (Å²) in [5, 5.41) is 12.0. The predicted molar refractivity (Wildman–Crippen MR) is 74.9 cm³/mol. The van der Waals surface area contributed by atoms with Crippen LogP contribution in [0.25, 0.3) is 0 Å². The van der Waals surface area contributed by atoms with E-state index < -0.39 is 29.2 Å². The van der Waals surface area contributed by atoms with Crippen molar-refractivity contribution in [2.45, 2.75) is 32.2 Å². The molecule has 0 saturated heterocycles. The van der Waals surface area contributed by atoms with Crippen molar-refractivity contribution in [3.05, 3.63) is 34.1 Å². The monoisotopic (exact) mass is 343 g/mol. The Balaban J connectivity index is 2.22. The van der Waals surface area contributed by atoms with Gasteiger partial charge >= 0.3 is 5.97 Å². The van der Waals surface area contributed by atoms with Crippen LogP contribution in [-0.2, 0) is 4.79 Å². The molecule has 0 aliphatic heterocycles. The highest BCUT2D eigenvalue weighted by Gasteiger charge is 2.46. The maximum Gasteiger partial charge on any atom is 0.311 e. The molecule has 1 aliphatic carbocycles. The van der Waals surface area contributed by atoms with Crippen LogP contribution < -0.4 is 5.32 Å². The van der Waals surface area contributed by atoms with E-state index in [-0.39, 0.29) is 5.56 Å². The molecule has 20 heavy (non-hydrogen) atoms. The Morgan fingerprint density at radius 3 is 2.80 bits per heavy atom. The Labute approximate surface area is 124 Å². The van der Waals surface area contributed by atoms with Gasteiger partial charge in [-0.25, -0.2) is 4.39 Å². The van der Waals surface area contributed by atoms with Crippen LogP contribution in [0.3, 0.4) is 0 Å². The Hall–Kier alpha value is -1.43. The zero-order valence-electron chi connectivity index (χ0n) is 11.0. The fraction of sp³-hybridized carbons (Fsp3) is 0.429. The lowest BCUT2D eigenvalue weighted by Gasteiger charge is -2.27. The van der Waals surface area contributed by atoms with Crippen LogP contribution in [0.5, 0.6) is 0 Å². The van der Waals surface area contributed by atoms with E-state index in [1.807, 2.05) is 0 Å². The molecule has 2 N–H and O–H groups in total. The standard InChI is InChI=1S/C14H15BrFNO3/c1-14(13(19)20)7-3-6-10(14)17-12(18)11-8(15)4-2-5-9(11)16/h2,4-5,10H,3,6-7H2,1H3,(H,17,18)(H,19,20). The molecule has 1 saturated carbocycles. The van der Waals surface area contributed by atoms with Crippen LogP contribution in [0.15, 0.2) is 22.7 Å². The minimum absolute atomic E-state index is 0.0906. The number of aliphatic carboxylic acids is 1. The molecule has 0 bridgehead atoms. The summed E-state index contributed by atoms with van der Waals surface area (Å²) in [6, 6.07) is 3.78. The zero-order chi connectivity index (χ0) is 14.9. The van der Waals surface area contributed by atoms with Crippen molar-refractivity contribution in [3.8, 4) is 0 Å². The molecule has 1 fully saturated rings. The number of carboxylic acids is 1. The van der Waals surface area contributed by atoms with Gasteiger partial charge < -0.3 is 10.4 Å². The molecule has 0 spiro atoms. The first-order chi connectivity index (χ1) is 9.36. The Morgan fingerprint density at radius 2 is 2.20 bits per heavy atom. The van der Waals surface area contributed by atoms with Gasteiger partial charge in [0.05, 0.1) is 11.0 Å². The van der Waals surface area contributed by atoms with Crippen LogP contribution in [0, 0.1) is 11.2 Å². The third kappa shape index (κ3) is 2.57. The van der Waals surface area contributed by atoms with Crippen LogP contribution in [-0.4, -0.2) is 23.0 Å². The van der Waals surface area contributed by atoms with Gasteiger partial charge in [-0.2, -0.15) is 0 Å². The van der Waals surface area contributed by atoms with Crippen LogP contribution in [0.4, 0.5) is 4.39 Å². The van der Waals surface area contributed by atoms with Gasteiger partial charge in [-0.3, -0.25) is 9.59 Å². The predicted octanol–water partition coefficient (Wildman–Crippen LogP) is 2.96. The highest BCUT2D eigenvalue weighted by atomic mass is 79.9. The normalized spacial score (nSPS) is 25.4. The molecule has 1 amide bonds. The summed E-state index contributed by atoms with van der Waals surface area (Å²) in [7, 11) is 0. The molecule has 1 aromatic carbocycles. The average molecular weight is 344 g/mol. The first-order valence-corrected chi connectivity index (χ1v) is 7.14. The number of carboxylic acid groups (broad SMARTS) is 1. The fourth-order valence-corrected chi connectivity index (χ4v) is 3.12. The van der Waals surface area contributed by atoms with E-state index in [0.29, 0.717) is 17.3 Å². The molecule has 2 unspecified atom stereocenters. The number of carbonyl (C=O) groups is 2. The van der Waals surface area contributed by atoms with E-state index in [1.54, 1.807) is 13.0 Å². The second-order valence-electron chi connectivity index (χ2n) is 5.24. The fourth-order valence-electron chi connectivity index (χ4n) is 2.60. The van der Waals surface area contributed by atoms with Gasteiger partial charge in [0.25, 0.3) is 5.91 Å². The summed E-state index contributed by atoms with van der Waals surface area (Å²) in [5.74, 6) is -2.16. The van der Waals surface area contributed by atoms with E-state index in [1.165, 1.54) is 12.1 Å². The molecule has 6 heteroatoms. The molecule has 2 atom stereocenters. The molecule has 1 aliphatic rings. The SMILES string of the molecule is CC1(C(=O)O)CCCC1NC(=O)c1c(F)cccc1Br. The van der Waals surface area contributed by atoms with Crippen molar-refractivity contribution in [1.82, 2.24) is 5.32 Å². The topological polar surface area (TPSA) is 66.4 Å². The van der Waals surface area contributed by atoms with Crippen molar-refractivity contribution in [2.24, 2.45) is 5.41 Å². The molecule has 0 aromatic heterocycles. The maximum atomic E-state index is 13.7. The first kappa shape index (κ1) is 15.0. The van der Waals surface area contributed by atoms with E-state index in [9.17, 15) is 19.1 Å². The number of carbonyl (C=O) groups excluding carboxylic acids is 1. The van der Waals surface area contributed by atoms with Crippen molar-refractivity contribution in [2.75, 3.05) is 0 Å². The van der Waals surface area contributed by atoms with E-state index >= 15 is 0 Å². The summed E-state index contributed by atoms with van der Waals surface area (Å²) >= 11 is 3.14. The van der Waals surface area contributed by atoms with E-state index in [2.05, 4.69) is 21.2 Å². The minimum Gasteiger partial charge on any atom is -0.481 e. The smallest absolute Gasteiger partial charge is 0.311 e. The van der Waals surface area contributed by atoms with Crippen molar-refractivity contribution >= 4 is 27.8 Å². The molecule has 0 heterocycles. The quantitative estimate of drug-likeness (QED) is 0.886. The summed E-state index contributed by atoms with van der Waals surface area (Å²) in [6.45, 7) is 1.61. The Kier molecular flexibility index (Phi) is 4.13. The lowest BCUT2D eigenvalue weighted by atomic mass is 9.85. The number of benzene rings is 1. The second kappa shape index (κ2) is 5.52. The molecular weight excluding hydrogens is 329 g/mol. The van der Waals surface area contributed by atoms with Crippen LogP contribution >= 0.6 is 15.9 Å². The molecule has 1 aromatic rings. The van der Waals surface area contributed by atoms with Crippen molar-refractivity contribution in [1.29, 1.82) is 0 Å². The molecule has 108 valence electrons. The van der Waals surface area contributed by atoms with Gasteiger partial charge in [-0.05, 0) is 47.8 Å². The zero-order valence-corrected chi connectivity index (χ0v) is 12.5. The maximum absolute atomic E-state index is 13.7. The second-order valence-corrected chi connectivity index (χ2v) is 6.09.